The quantitative estimate of drug-likeness (QED) is 0.595. The molecule has 0 saturated heterocycles. The van der Waals surface area contributed by atoms with Crippen molar-refractivity contribution in [2.45, 2.75) is 4.90 Å². The first-order valence-electron chi connectivity index (χ1n) is 5.71. The minimum absolute atomic E-state index is 0.117. The first-order valence-corrected chi connectivity index (χ1v) is 7.99. The van der Waals surface area contributed by atoms with Gasteiger partial charge in [0.15, 0.2) is 0 Å². The fourth-order valence-corrected chi connectivity index (χ4v) is 2.55. The summed E-state index contributed by atoms with van der Waals surface area (Å²) in [4.78, 5) is 10.3. The number of ether oxygens (including phenoxy) is 1. The van der Waals surface area contributed by atoms with Gasteiger partial charge in [-0.2, -0.15) is 0 Å². The molecule has 1 amide bonds. The van der Waals surface area contributed by atoms with Crippen molar-refractivity contribution in [1.82, 2.24) is 10.0 Å². The van der Waals surface area contributed by atoms with E-state index in [2.05, 4.69) is 26.0 Å². The van der Waals surface area contributed by atoms with E-state index in [9.17, 15) is 13.2 Å². The average molecular weight is 367 g/mol. The van der Waals surface area contributed by atoms with E-state index in [1.165, 1.54) is 12.1 Å². The third-order valence-corrected chi connectivity index (χ3v) is 4.19. The lowest BCUT2D eigenvalue weighted by Gasteiger charge is -2.07. The maximum atomic E-state index is 11.8. The largest absolute Gasteiger partial charge is 0.465 e. The molecule has 0 radical (unpaired) electrons. The van der Waals surface area contributed by atoms with Crippen LogP contribution in [0.4, 0.5) is 4.79 Å². The highest BCUT2D eigenvalue weighted by atomic mass is 79.9. The maximum Gasteiger partial charge on any atom is 0.404 e. The molecule has 9 heteroatoms. The molecular formula is C11H15BrN2O5S. The molecule has 0 bridgehead atoms. The molecule has 0 saturated carbocycles. The number of benzene rings is 1. The summed E-state index contributed by atoms with van der Waals surface area (Å²) in [6.45, 7) is 0.629. The molecule has 0 aromatic heterocycles. The monoisotopic (exact) mass is 366 g/mol. The Bertz CT molecular complexity index is 532. The third kappa shape index (κ3) is 6.33. The van der Waals surface area contributed by atoms with Crippen LogP contribution in [0.15, 0.2) is 33.6 Å². The van der Waals surface area contributed by atoms with Gasteiger partial charge in [0.05, 0.1) is 18.1 Å². The van der Waals surface area contributed by atoms with Gasteiger partial charge in [0.1, 0.15) is 0 Å². The molecule has 20 heavy (non-hydrogen) atoms. The Balaban J connectivity index is 2.27. The van der Waals surface area contributed by atoms with Gasteiger partial charge in [0.25, 0.3) is 0 Å². The van der Waals surface area contributed by atoms with Crippen molar-refractivity contribution in [1.29, 1.82) is 0 Å². The topological polar surface area (TPSA) is 105 Å². The minimum Gasteiger partial charge on any atom is -0.465 e. The van der Waals surface area contributed by atoms with Gasteiger partial charge in [-0.25, -0.2) is 17.9 Å². The highest BCUT2D eigenvalue weighted by Crippen LogP contribution is 2.14. The number of halogens is 1. The van der Waals surface area contributed by atoms with Crippen LogP contribution in [0, 0.1) is 0 Å². The number of hydrogen-bond donors (Lipinski definition) is 3. The molecule has 0 aliphatic carbocycles. The Hall–Kier alpha value is -1.16. The van der Waals surface area contributed by atoms with Crippen molar-refractivity contribution < 1.29 is 23.1 Å². The highest BCUT2D eigenvalue weighted by molar-refractivity contribution is 9.10. The Morgan fingerprint density at radius 1 is 1.20 bits per heavy atom. The lowest BCUT2D eigenvalue weighted by molar-refractivity contribution is 0.137. The van der Waals surface area contributed by atoms with Crippen LogP contribution in [-0.4, -0.2) is 45.9 Å². The van der Waals surface area contributed by atoms with Crippen LogP contribution in [0.1, 0.15) is 0 Å². The molecule has 1 aromatic carbocycles. The predicted molar refractivity (Wildman–Crippen MR) is 76.2 cm³/mol. The van der Waals surface area contributed by atoms with Crippen molar-refractivity contribution >= 4 is 32.0 Å². The van der Waals surface area contributed by atoms with E-state index in [-0.39, 0.29) is 31.2 Å². The summed E-state index contributed by atoms with van der Waals surface area (Å²) in [6, 6.07) is 6.26. The van der Waals surface area contributed by atoms with Crippen LogP contribution >= 0.6 is 15.9 Å². The Kier molecular flexibility index (Phi) is 6.93. The molecule has 7 nitrogen and oxygen atoms in total. The number of nitrogens with one attached hydrogen (secondary N) is 2. The molecule has 0 spiro atoms. The number of sulfonamides is 1. The van der Waals surface area contributed by atoms with Gasteiger partial charge >= 0.3 is 6.09 Å². The first-order chi connectivity index (χ1) is 9.42. The number of carboxylic acid groups (broad SMARTS) is 1. The molecule has 0 atom stereocenters. The van der Waals surface area contributed by atoms with Gasteiger partial charge in [0.2, 0.25) is 10.0 Å². The average Bonchev–Trinajstić information content (AvgIpc) is 2.37. The predicted octanol–water partition coefficient (Wildman–Crippen LogP) is 1.01. The van der Waals surface area contributed by atoms with Gasteiger partial charge in [-0.3, -0.25) is 0 Å². The lowest BCUT2D eigenvalue weighted by Crippen LogP contribution is -2.29. The summed E-state index contributed by atoms with van der Waals surface area (Å²) >= 11 is 3.23. The molecule has 0 fully saturated rings. The molecule has 112 valence electrons. The standard InChI is InChI=1S/C11H15BrN2O5S/c12-9-1-3-10(4-2-9)20(17,18)14-6-8-19-7-5-13-11(15)16/h1-4,13-14H,5-8H2,(H,15,16). The molecule has 3 N–H and O–H groups in total. The zero-order valence-corrected chi connectivity index (χ0v) is 12.9. The van der Waals surface area contributed by atoms with Gasteiger partial charge in [0, 0.05) is 17.6 Å². The Labute approximate surface area is 125 Å². The molecule has 1 aromatic rings. The zero-order valence-electron chi connectivity index (χ0n) is 10.5. The summed E-state index contributed by atoms with van der Waals surface area (Å²) < 4.78 is 32.0. The van der Waals surface area contributed by atoms with Crippen LogP contribution in [-0.2, 0) is 14.8 Å². The Morgan fingerprint density at radius 3 is 2.40 bits per heavy atom. The van der Waals surface area contributed by atoms with Crippen molar-refractivity contribution in [3.05, 3.63) is 28.7 Å². The molecular weight excluding hydrogens is 352 g/mol. The van der Waals surface area contributed by atoms with Crippen molar-refractivity contribution in [2.24, 2.45) is 0 Å². The second kappa shape index (κ2) is 8.20. The summed E-state index contributed by atoms with van der Waals surface area (Å²) in [5.74, 6) is 0. The number of hydrogen-bond acceptors (Lipinski definition) is 4. The van der Waals surface area contributed by atoms with Crippen molar-refractivity contribution in [3.63, 3.8) is 0 Å². The molecule has 1 rings (SSSR count). The minimum atomic E-state index is -3.54. The first kappa shape index (κ1) is 16.9. The van der Waals surface area contributed by atoms with Gasteiger partial charge < -0.3 is 15.2 Å². The van der Waals surface area contributed by atoms with Crippen LogP contribution in [0.3, 0.4) is 0 Å². The molecule has 0 unspecified atom stereocenters. The molecule has 0 heterocycles. The fraction of sp³-hybridized carbons (Fsp3) is 0.364. The van der Waals surface area contributed by atoms with Crippen LogP contribution in [0.5, 0.6) is 0 Å². The number of amides is 1. The van der Waals surface area contributed by atoms with Crippen LogP contribution in [0.25, 0.3) is 0 Å². The van der Waals surface area contributed by atoms with Gasteiger partial charge in [-0.1, -0.05) is 15.9 Å². The normalized spacial score (nSPS) is 11.2. The third-order valence-electron chi connectivity index (χ3n) is 2.19. The molecule has 0 aliphatic heterocycles. The van der Waals surface area contributed by atoms with Crippen LogP contribution in [0.2, 0.25) is 0 Å². The van der Waals surface area contributed by atoms with E-state index in [1.807, 2.05) is 0 Å². The number of carbonyl (C=O) groups is 1. The van der Waals surface area contributed by atoms with E-state index < -0.39 is 16.1 Å². The van der Waals surface area contributed by atoms with Gasteiger partial charge in [-0.05, 0) is 24.3 Å². The van der Waals surface area contributed by atoms with E-state index in [0.29, 0.717) is 0 Å². The SMILES string of the molecule is O=C(O)NCCOCCNS(=O)(=O)c1ccc(Br)cc1. The summed E-state index contributed by atoms with van der Waals surface area (Å²) in [6.07, 6.45) is -1.12. The summed E-state index contributed by atoms with van der Waals surface area (Å²) in [5, 5.41) is 10.4. The van der Waals surface area contributed by atoms with Crippen molar-refractivity contribution in [3.8, 4) is 0 Å². The highest BCUT2D eigenvalue weighted by Gasteiger charge is 2.12. The van der Waals surface area contributed by atoms with Gasteiger partial charge in [-0.15, -0.1) is 0 Å². The second-order valence-electron chi connectivity index (χ2n) is 3.70. The van der Waals surface area contributed by atoms with E-state index in [4.69, 9.17) is 9.84 Å². The van der Waals surface area contributed by atoms with E-state index >= 15 is 0 Å². The maximum absolute atomic E-state index is 11.8. The Morgan fingerprint density at radius 2 is 1.80 bits per heavy atom. The lowest BCUT2D eigenvalue weighted by atomic mass is 10.4. The summed E-state index contributed by atoms with van der Waals surface area (Å²) in [7, 11) is -3.54. The summed E-state index contributed by atoms with van der Waals surface area (Å²) in [5.41, 5.74) is 0. The smallest absolute Gasteiger partial charge is 0.404 e. The van der Waals surface area contributed by atoms with Crippen LogP contribution < -0.4 is 10.0 Å². The zero-order chi connectivity index (χ0) is 15.0. The second-order valence-corrected chi connectivity index (χ2v) is 6.38. The fourth-order valence-electron chi connectivity index (χ4n) is 1.28. The van der Waals surface area contributed by atoms with E-state index in [1.54, 1.807) is 12.1 Å². The van der Waals surface area contributed by atoms with E-state index in [0.717, 1.165) is 4.47 Å². The molecule has 0 aliphatic rings. The number of rotatable bonds is 8. The van der Waals surface area contributed by atoms with Crippen molar-refractivity contribution in [2.75, 3.05) is 26.3 Å².